The number of fused-ring (bicyclic) bond motifs is 1. The van der Waals surface area contributed by atoms with Crippen molar-refractivity contribution in [1.29, 1.82) is 0 Å². The third-order valence-corrected chi connectivity index (χ3v) is 3.03. The summed E-state index contributed by atoms with van der Waals surface area (Å²) in [5.41, 5.74) is 0.651. The van der Waals surface area contributed by atoms with Crippen molar-refractivity contribution in [2.45, 2.75) is 39.8 Å². The summed E-state index contributed by atoms with van der Waals surface area (Å²) in [6, 6.07) is 5.84. The average Bonchev–Trinajstić information content (AvgIpc) is 2.84. The molecule has 21 heavy (non-hydrogen) atoms. The maximum Gasteiger partial charge on any atom is 0.310 e. The second-order valence-electron chi connectivity index (χ2n) is 6.25. The molecule has 1 aromatic rings. The Labute approximate surface area is 125 Å². The molecule has 1 unspecified atom stereocenters. The number of carbonyl (C=O) groups is 1. The molecule has 116 valence electrons. The molecule has 0 aliphatic carbocycles. The van der Waals surface area contributed by atoms with Crippen LogP contribution in [0.5, 0.6) is 11.5 Å². The third kappa shape index (κ3) is 4.63. The molecule has 5 nitrogen and oxygen atoms in total. The van der Waals surface area contributed by atoms with Crippen LogP contribution in [0.25, 0.3) is 0 Å². The summed E-state index contributed by atoms with van der Waals surface area (Å²) in [5, 5.41) is 3.26. The van der Waals surface area contributed by atoms with E-state index in [4.69, 9.17) is 14.2 Å². The molecule has 2 rings (SSSR count). The minimum atomic E-state index is -0.442. The molecule has 0 amide bonds. The van der Waals surface area contributed by atoms with Gasteiger partial charge in [0.2, 0.25) is 6.79 Å². The first kappa shape index (κ1) is 15.6. The van der Waals surface area contributed by atoms with Gasteiger partial charge in [0, 0.05) is 13.1 Å². The molecule has 5 heteroatoms. The van der Waals surface area contributed by atoms with Gasteiger partial charge in [-0.05, 0) is 38.5 Å². The van der Waals surface area contributed by atoms with Crippen molar-refractivity contribution in [3.63, 3.8) is 0 Å². The number of hydrogen-bond donors (Lipinski definition) is 1. The fourth-order valence-corrected chi connectivity index (χ4v) is 1.97. The zero-order chi connectivity index (χ0) is 15.5. The minimum Gasteiger partial charge on any atom is -0.460 e. The Morgan fingerprint density at radius 1 is 1.33 bits per heavy atom. The van der Waals surface area contributed by atoms with E-state index in [1.54, 1.807) is 0 Å². The summed E-state index contributed by atoms with van der Waals surface area (Å²) in [6.07, 6.45) is 0. The molecular weight excluding hydrogens is 270 g/mol. The molecule has 1 heterocycles. The molecule has 0 fully saturated rings. The highest BCUT2D eigenvalue weighted by molar-refractivity contribution is 5.72. The highest BCUT2D eigenvalue weighted by Crippen LogP contribution is 2.32. The van der Waals surface area contributed by atoms with Crippen molar-refractivity contribution < 1.29 is 19.0 Å². The van der Waals surface area contributed by atoms with Crippen molar-refractivity contribution in [2.75, 3.05) is 13.3 Å². The maximum atomic E-state index is 11.9. The first-order valence-electron chi connectivity index (χ1n) is 7.17. The smallest absolute Gasteiger partial charge is 0.310 e. The van der Waals surface area contributed by atoms with Crippen molar-refractivity contribution in [1.82, 2.24) is 5.32 Å². The lowest BCUT2D eigenvalue weighted by Crippen LogP contribution is -2.32. The molecule has 0 saturated heterocycles. The molecule has 1 aliphatic rings. The Hall–Kier alpha value is -1.75. The number of nitrogens with one attached hydrogen (secondary N) is 1. The minimum absolute atomic E-state index is 0.180. The molecule has 1 aromatic carbocycles. The summed E-state index contributed by atoms with van der Waals surface area (Å²) in [7, 11) is 0. The first-order valence-corrected chi connectivity index (χ1v) is 7.17. The van der Waals surface area contributed by atoms with Crippen LogP contribution in [0, 0.1) is 5.92 Å². The van der Waals surface area contributed by atoms with E-state index in [9.17, 15) is 4.79 Å². The Morgan fingerprint density at radius 2 is 2.05 bits per heavy atom. The number of benzene rings is 1. The van der Waals surface area contributed by atoms with Gasteiger partial charge < -0.3 is 19.5 Å². The molecule has 1 atom stereocenters. The van der Waals surface area contributed by atoms with E-state index in [-0.39, 0.29) is 18.7 Å². The molecule has 0 spiro atoms. The van der Waals surface area contributed by atoms with Crippen LogP contribution in [-0.4, -0.2) is 24.9 Å². The van der Waals surface area contributed by atoms with Crippen molar-refractivity contribution in [2.24, 2.45) is 5.92 Å². The Morgan fingerprint density at radius 3 is 2.76 bits per heavy atom. The molecule has 0 aromatic heterocycles. The fourth-order valence-electron chi connectivity index (χ4n) is 1.97. The number of hydrogen-bond acceptors (Lipinski definition) is 5. The van der Waals surface area contributed by atoms with E-state index in [0.29, 0.717) is 13.1 Å². The molecule has 0 saturated carbocycles. The number of carbonyl (C=O) groups excluding carboxylic acids is 1. The van der Waals surface area contributed by atoms with Crippen LogP contribution in [0.3, 0.4) is 0 Å². The molecule has 0 radical (unpaired) electrons. The zero-order valence-electron chi connectivity index (χ0n) is 13.1. The van der Waals surface area contributed by atoms with Gasteiger partial charge in [-0.2, -0.15) is 0 Å². The van der Waals surface area contributed by atoms with E-state index in [0.717, 1.165) is 17.1 Å². The van der Waals surface area contributed by atoms with Gasteiger partial charge >= 0.3 is 5.97 Å². The Balaban J connectivity index is 1.77. The second kappa shape index (κ2) is 6.35. The van der Waals surface area contributed by atoms with Gasteiger partial charge in [0.15, 0.2) is 11.5 Å². The predicted octanol–water partition coefficient (Wildman–Crippen LogP) is 2.48. The number of esters is 1. The van der Waals surface area contributed by atoms with E-state index in [1.165, 1.54) is 0 Å². The molecule has 1 aliphatic heterocycles. The zero-order valence-corrected chi connectivity index (χ0v) is 13.1. The highest BCUT2D eigenvalue weighted by Gasteiger charge is 2.21. The lowest BCUT2D eigenvalue weighted by atomic mass is 10.1. The summed E-state index contributed by atoms with van der Waals surface area (Å²) in [6.45, 7) is 9.00. The number of rotatable bonds is 5. The summed E-state index contributed by atoms with van der Waals surface area (Å²) >= 11 is 0. The van der Waals surface area contributed by atoms with E-state index in [2.05, 4.69) is 5.32 Å². The first-order chi connectivity index (χ1) is 9.85. The predicted molar refractivity (Wildman–Crippen MR) is 79.3 cm³/mol. The van der Waals surface area contributed by atoms with Crippen LogP contribution in [0.4, 0.5) is 0 Å². The van der Waals surface area contributed by atoms with Crippen molar-refractivity contribution >= 4 is 5.97 Å². The van der Waals surface area contributed by atoms with E-state index >= 15 is 0 Å². The van der Waals surface area contributed by atoms with Crippen LogP contribution in [-0.2, 0) is 16.1 Å². The monoisotopic (exact) mass is 293 g/mol. The topological polar surface area (TPSA) is 56.8 Å². The van der Waals surface area contributed by atoms with Crippen molar-refractivity contribution in [3.05, 3.63) is 23.8 Å². The third-order valence-electron chi connectivity index (χ3n) is 3.03. The number of ether oxygens (including phenoxy) is 3. The van der Waals surface area contributed by atoms with Crippen LogP contribution >= 0.6 is 0 Å². The SMILES string of the molecule is CC(CNCc1ccc2c(c1)OCO2)C(=O)OC(C)(C)C. The largest absolute Gasteiger partial charge is 0.460 e. The lowest BCUT2D eigenvalue weighted by Gasteiger charge is -2.22. The maximum absolute atomic E-state index is 11.9. The fraction of sp³-hybridized carbons (Fsp3) is 0.562. The van der Waals surface area contributed by atoms with Gasteiger partial charge in [-0.25, -0.2) is 0 Å². The average molecular weight is 293 g/mol. The normalized spacial score (nSPS) is 14.9. The molecule has 1 N–H and O–H groups in total. The van der Waals surface area contributed by atoms with Crippen LogP contribution in [0.15, 0.2) is 18.2 Å². The van der Waals surface area contributed by atoms with Gasteiger partial charge in [-0.1, -0.05) is 13.0 Å². The van der Waals surface area contributed by atoms with Gasteiger partial charge in [0.05, 0.1) is 5.92 Å². The highest BCUT2D eigenvalue weighted by atomic mass is 16.7. The van der Waals surface area contributed by atoms with Crippen molar-refractivity contribution in [3.8, 4) is 11.5 Å². The summed E-state index contributed by atoms with van der Waals surface area (Å²) in [4.78, 5) is 11.9. The van der Waals surface area contributed by atoms with Gasteiger partial charge in [0.1, 0.15) is 5.60 Å². The molecular formula is C16H23NO4. The quantitative estimate of drug-likeness (QED) is 0.845. The lowest BCUT2D eigenvalue weighted by molar-refractivity contribution is -0.159. The van der Waals surface area contributed by atoms with Crippen LogP contribution < -0.4 is 14.8 Å². The van der Waals surface area contributed by atoms with Gasteiger partial charge in [-0.3, -0.25) is 4.79 Å². The summed E-state index contributed by atoms with van der Waals surface area (Å²) in [5.74, 6) is 1.19. The second-order valence-corrected chi connectivity index (χ2v) is 6.25. The van der Waals surface area contributed by atoms with Gasteiger partial charge in [0.25, 0.3) is 0 Å². The van der Waals surface area contributed by atoms with E-state index < -0.39 is 5.60 Å². The van der Waals surface area contributed by atoms with Gasteiger partial charge in [-0.15, -0.1) is 0 Å². The van der Waals surface area contributed by atoms with Crippen LogP contribution in [0.2, 0.25) is 0 Å². The van der Waals surface area contributed by atoms with Crippen LogP contribution in [0.1, 0.15) is 33.3 Å². The summed E-state index contributed by atoms with van der Waals surface area (Å²) < 4.78 is 16.0. The Kier molecular flexibility index (Phi) is 4.73. The van der Waals surface area contributed by atoms with E-state index in [1.807, 2.05) is 45.9 Å². The standard InChI is InChI=1S/C16H23NO4/c1-11(15(18)21-16(2,3)4)8-17-9-12-5-6-13-14(7-12)20-10-19-13/h5-7,11,17H,8-10H2,1-4H3. The Bertz CT molecular complexity index is 507. The molecule has 0 bridgehead atoms.